The Morgan fingerprint density at radius 2 is 1.65 bits per heavy atom. The molecule has 1 fully saturated rings. The standard InChI is InChI=1S/C33H32BrN3O3/c1-36-27(24-13-6-3-7-14-24)21-37-28(20-33(17-8-9-18-33)25-15-10-16-26(34)19-25)35-31(38)30(29(37)32(36)39)40-22-23-11-4-2-5-12-23/h2-7,10-16,19,27H,8-9,17-18,20-22H2,1H3/t27-/m1/s1. The minimum Gasteiger partial charge on any atom is -0.481 e. The monoisotopic (exact) mass is 597 g/mol. The normalized spacial score (nSPS) is 18.0. The molecule has 2 aliphatic rings. The number of carbonyl (C=O) groups excluding carboxylic acids is 1. The maximum absolute atomic E-state index is 14.0. The van der Waals surface area contributed by atoms with E-state index in [4.69, 9.17) is 4.74 Å². The number of fused-ring (bicyclic) bond motifs is 1. The van der Waals surface area contributed by atoms with Gasteiger partial charge in [0, 0.05) is 29.9 Å². The van der Waals surface area contributed by atoms with Crippen LogP contribution in [0.25, 0.3) is 0 Å². The maximum atomic E-state index is 14.0. The van der Waals surface area contributed by atoms with Gasteiger partial charge in [0.2, 0.25) is 5.75 Å². The molecule has 0 radical (unpaired) electrons. The van der Waals surface area contributed by atoms with Crippen LogP contribution >= 0.6 is 15.9 Å². The summed E-state index contributed by atoms with van der Waals surface area (Å²) < 4.78 is 9.09. The second-order valence-corrected chi connectivity index (χ2v) is 11.8. The number of nitrogens with zero attached hydrogens (tertiary/aromatic N) is 3. The molecular formula is C33H32BrN3O3. The zero-order chi connectivity index (χ0) is 27.7. The van der Waals surface area contributed by atoms with Crippen LogP contribution in [0.15, 0.2) is 94.2 Å². The molecule has 7 heteroatoms. The third-order valence-corrected chi connectivity index (χ3v) is 8.97. The number of aromatic nitrogens is 2. The van der Waals surface area contributed by atoms with Gasteiger partial charge in [-0.1, -0.05) is 102 Å². The average Bonchev–Trinajstić information content (AvgIpc) is 3.45. The number of amides is 1. The van der Waals surface area contributed by atoms with Gasteiger partial charge in [-0.15, -0.1) is 0 Å². The van der Waals surface area contributed by atoms with Gasteiger partial charge in [0.15, 0.2) is 5.69 Å². The quantitative estimate of drug-likeness (QED) is 0.245. The highest BCUT2D eigenvalue weighted by molar-refractivity contribution is 9.10. The molecule has 1 atom stereocenters. The molecule has 40 heavy (non-hydrogen) atoms. The van der Waals surface area contributed by atoms with Crippen molar-refractivity contribution in [1.82, 2.24) is 14.5 Å². The highest BCUT2D eigenvalue weighted by Gasteiger charge is 2.41. The molecule has 1 aliphatic heterocycles. The highest BCUT2D eigenvalue weighted by atomic mass is 79.9. The van der Waals surface area contributed by atoms with Gasteiger partial charge in [0.1, 0.15) is 12.4 Å². The van der Waals surface area contributed by atoms with Gasteiger partial charge < -0.3 is 14.2 Å². The largest absolute Gasteiger partial charge is 0.481 e. The highest BCUT2D eigenvalue weighted by Crippen LogP contribution is 2.44. The molecule has 0 N–H and O–H groups in total. The fourth-order valence-corrected chi connectivity index (χ4v) is 6.73. The Bertz CT molecular complexity index is 1580. The van der Waals surface area contributed by atoms with Crippen LogP contribution < -0.4 is 10.3 Å². The van der Waals surface area contributed by atoms with Gasteiger partial charge in [-0.3, -0.25) is 9.59 Å². The first kappa shape index (κ1) is 26.5. The summed E-state index contributed by atoms with van der Waals surface area (Å²) in [5.41, 5.74) is 2.87. The van der Waals surface area contributed by atoms with Crippen molar-refractivity contribution in [3.63, 3.8) is 0 Å². The van der Waals surface area contributed by atoms with Crippen LogP contribution in [0.2, 0.25) is 0 Å². The lowest BCUT2D eigenvalue weighted by Gasteiger charge is -2.38. The molecule has 6 nitrogen and oxygen atoms in total. The van der Waals surface area contributed by atoms with Crippen LogP contribution in [0.5, 0.6) is 5.75 Å². The third kappa shape index (κ3) is 4.99. The molecule has 1 aromatic heterocycles. The Labute approximate surface area is 242 Å². The smallest absolute Gasteiger partial charge is 0.316 e. The van der Waals surface area contributed by atoms with Crippen LogP contribution in [0.3, 0.4) is 0 Å². The molecule has 3 aromatic carbocycles. The van der Waals surface area contributed by atoms with E-state index >= 15 is 0 Å². The Kier molecular flexibility index (Phi) is 7.32. The topological polar surface area (TPSA) is 64.4 Å². The number of halogens is 1. The lowest BCUT2D eigenvalue weighted by Crippen LogP contribution is -2.44. The number of hydrogen-bond donors (Lipinski definition) is 0. The molecule has 0 unspecified atom stereocenters. The lowest BCUT2D eigenvalue weighted by molar-refractivity contribution is 0.0636. The fourth-order valence-electron chi connectivity index (χ4n) is 6.33. The first-order valence-electron chi connectivity index (χ1n) is 13.8. The third-order valence-electron chi connectivity index (χ3n) is 8.47. The zero-order valence-corrected chi connectivity index (χ0v) is 24.1. The predicted octanol–water partition coefficient (Wildman–Crippen LogP) is 6.47. The van der Waals surface area contributed by atoms with Crippen LogP contribution in [0, 0.1) is 0 Å². The van der Waals surface area contributed by atoms with Crippen LogP contribution in [-0.4, -0.2) is 27.4 Å². The summed E-state index contributed by atoms with van der Waals surface area (Å²) >= 11 is 3.65. The molecule has 2 heterocycles. The summed E-state index contributed by atoms with van der Waals surface area (Å²) in [5.74, 6) is 0.446. The van der Waals surface area contributed by atoms with E-state index in [1.54, 1.807) is 11.9 Å². The molecule has 0 saturated heterocycles. The van der Waals surface area contributed by atoms with Crippen LogP contribution in [0.4, 0.5) is 0 Å². The van der Waals surface area contributed by atoms with E-state index in [2.05, 4.69) is 39.1 Å². The van der Waals surface area contributed by atoms with E-state index in [1.165, 1.54) is 5.56 Å². The van der Waals surface area contributed by atoms with E-state index in [9.17, 15) is 9.59 Å². The van der Waals surface area contributed by atoms with Crippen molar-refractivity contribution in [3.05, 3.63) is 128 Å². The molecule has 0 spiro atoms. The number of hydrogen-bond acceptors (Lipinski definition) is 4. The molecule has 4 aromatic rings. The predicted molar refractivity (Wildman–Crippen MR) is 159 cm³/mol. The van der Waals surface area contributed by atoms with Crippen molar-refractivity contribution in [2.24, 2.45) is 0 Å². The van der Waals surface area contributed by atoms with Crippen molar-refractivity contribution in [2.75, 3.05) is 7.05 Å². The molecule has 1 amide bonds. The van der Waals surface area contributed by atoms with Crippen molar-refractivity contribution in [2.45, 2.75) is 56.7 Å². The van der Waals surface area contributed by atoms with E-state index in [-0.39, 0.29) is 29.7 Å². The molecule has 6 rings (SSSR count). The Morgan fingerprint density at radius 1 is 0.950 bits per heavy atom. The Balaban J connectivity index is 1.47. The second kappa shape index (κ2) is 11.0. The Morgan fingerprint density at radius 3 is 2.35 bits per heavy atom. The van der Waals surface area contributed by atoms with E-state index in [0.29, 0.717) is 24.5 Å². The fraction of sp³-hybridized carbons (Fsp3) is 0.303. The summed E-state index contributed by atoms with van der Waals surface area (Å²) in [6.45, 7) is 0.686. The van der Waals surface area contributed by atoms with E-state index in [1.807, 2.05) is 71.3 Å². The minimum absolute atomic E-state index is 0.0268. The minimum atomic E-state index is -0.487. The van der Waals surface area contributed by atoms with Crippen molar-refractivity contribution >= 4 is 21.8 Å². The second-order valence-electron chi connectivity index (χ2n) is 10.9. The lowest BCUT2D eigenvalue weighted by atomic mass is 9.75. The average molecular weight is 599 g/mol. The summed E-state index contributed by atoms with van der Waals surface area (Å²) in [6, 6.07) is 28.0. The summed E-state index contributed by atoms with van der Waals surface area (Å²) in [7, 11) is 1.80. The van der Waals surface area contributed by atoms with Gasteiger partial charge in [0.25, 0.3) is 5.91 Å². The van der Waals surface area contributed by atoms with Gasteiger partial charge in [-0.05, 0) is 41.7 Å². The molecular weight excluding hydrogens is 566 g/mol. The Hall–Kier alpha value is -3.71. The van der Waals surface area contributed by atoms with Gasteiger partial charge in [-0.25, -0.2) is 0 Å². The first-order chi connectivity index (χ1) is 19.4. The number of carbonyl (C=O) groups is 1. The maximum Gasteiger partial charge on any atom is 0.316 e. The van der Waals surface area contributed by atoms with E-state index < -0.39 is 5.56 Å². The zero-order valence-electron chi connectivity index (χ0n) is 22.6. The number of ether oxygens (including phenoxy) is 1. The summed E-state index contributed by atoms with van der Waals surface area (Å²) in [5, 5.41) is 0. The van der Waals surface area contributed by atoms with Crippen molar-refractivity contribution in [1.29, 1.82) is 0 Å². The van der Waals surface area contributed by atoms with Gasteiger partial charge in [0.05, 0.1) is 6.04 Å². The number of benzene rings is 3. The molecule has 204 valence electrons. The first-order valence-corrected chi connectivity index (χ1v) is 14.6. The number of rotatable bonds is 7. The van der Waals surface area contributed by atoms with Gasteiger partial charge in [-0.2, -0.15) is 4.98 Å². The van der Waals surface area contributed by atoms with Crippen molar-refractivity contribution < 1.29 is 9.53 Å². The molecule has 1 aliphatic carbocycles. The summed E-state index contributed by atoms with van der Waals surface area (Å²) in [4.78, 5) is 34.0. The van der Waals surface area contributed by atoms with Crippen molar-refractivity contribution in [3.8, 4) is 5.75 Å². The number of likely N-dealkylation sites (N-methyl/N-ethyl adjacent to an activating group) is 1. The SMILES string of the molecule is CN1C(=O)c2c(OCc3ccccc3)c(=O)nc(CC3(c4cccc(Br)c4)CCCC3)n2C[C@@H]1c1ccccc1. The molecule has 1 saturated carbocycles. The van der Waals surface area contributed by atoms with Gasteiger partial charge >= 0.3 is 5.56 Å². The summed E-state index contributed by atoms with van der Waals surface area (Å²) in [6.07, 6.45) is 4.85. The van der Waals surface area contributed by atoms with Crippen LogP contribution in [-0.2, 0) is 25.0 Å². The van der Waals surface area contributed by atoms with E-state index in [0.717, 1.165) is 41.3 Å². The molecule has 0 bridgehead atoms. The van der Waals surface area contributed by atoms with Crippen LogP contribution in [0.1, 0.15) is 64.7 Å².